The molecule has 0 saturated carbocycles. The lowest BCUT2D eigenvalue weighted by Crippen LogP contribution is -2.07. The van der Waals surface area contributed by atoms with Crippen LogP contribution in [0.25, 0.3) is 0 Å². The number of hydrogen-bond acceptors (Lipinski definition) is 5. The third kappa shape index (κ3) is 5.37. The van der Waals surface area contributed by atoms with Gasteiger partial charge in [0.25, 0.3) is 0 Å². The van der Waals surface area contributed by atoms with Gasteiger partial charge in [-0.05, 0) is 6.42 Å². The Kier molecular flexibility index (Phi) is 4.86. The molecule has 1 heterocycles. The van der Waals surface area contributed by atoms with Gasteiger partial charge in [-0.3, -0.25) is 0 Å². The van der Waals surface area contributed by atoms with Crippen LogP contribution >= 0.6 is 23.3 Å². The standard InChI is InChI=1S/C10H19N3S2/c1-5-6-11-9-12-8(13-15-9)7-14-10(2,3)4/h5-7H2,1-4H3,(H,11,12,13). The molecule has 0 aromatic carbocycles. The van der Waals surface area contributed by atoms with Crippen LogP contribution in [-0.4, -0.2) is 20.6 Å². The quantitative estimate of drug-likeness (QED) is 0.863. The monoisotopic (exact) mass is 245 g/mol. The zero-order valence-corrected chi connectivity index (χ0v) is 11.5. The largest absolute Gasteiger partial charge is 0.360 e. The second-order valence-corrected chi connectivity index (χ2v) is 6.90. The zero-order valence-electron chi connectivity index (χ0n) is 9.83. The molecule has 0 amide bonds. The second-order valence-electron chi connectivity index (χ2n) is 4.34. The van der Waals surface area contributed by atoms with Crippen LogP contribution < -0.4 is 5.32 Å². The number of anilines is 1. The average molecular weight is 245 g/mol. The first-order chi connectivity index (χ1) is 7.01. The van der Waals surface area contributed by atoms with E-state index in [1.54, 1.807) is 0 Å². The first-order valence-electron chi connectivity index (χ1n) is 5.21. The summed E-state index contributed by atoms with van der Waals surface area (Å²) in [6.07, 6.45) is 1.12. The van der Waals surface area contributed by atoms with Crippen molar-refractivity contribution in [2.24, 2.45) is 0 Å². The summed E-state index contributed by atoms with van der Waals surface area (Å²) in [5.74, 6) is 1.84. The summed E-state index contributed by atoms with van der Waals surface area (Å²) in [5.41, 5.74) is 0. The molecule has 0 aliphatic heterocycles. The summed E-state index contributed by atoms with van der Waals surface area (Å²) in [4.78, 5) is 4.43. The molecule has 1 rings (SSSR count). The highest BCUT2D eigenvalue weighted by Crippen LogP contribution is 2.27. The van der Waals surface area contributed by atoms with Gasteiger partial charge in [0, 0.05) is 22.8 Å². The van der Waals surface area contributed by atoms with Crippen molar-refractivity contribution in [1.29, 1.82) is 0 Å². The Hall–Kier alpha value is -0.290. The van der Waals surface area contributed by atoms with Crippen LogP contribution in [0.1, 0.15) is 39.9 Å². The first kappa shape index (κ1) is 12.8. The molecule has 0 unspecified atom stereocenters. The van der Waals surface area contributed by atoms with E-state index >= 15 is 0 Å². The van der Waals surface area contributed by atoms with E-state index in [1.165, 1.54) is 11.5 Å². The third-order valence-corrected chi connectivity index (χ3v) is 3.61. The Balaban J connectivity index is 2.39. The summed E-state index contributed by atoms with van der Waals surface area (Å²) < 4.78 is 4.60. The summed E-state index contributed by atoms with van der Waals surface area (Å²) in [5, 5.41) is 4.19. The van der Waals surface area contributed by atoms with Crippen molar-refractivity contribution in [3.05, 3.63) is 5.82 Å². The summed E-state index contributed by atoms with van der Waals surface area (Å²) in [7, 11) is 0. The molecule has 5 heteroatoms. The van der Waals surface area contributed by atoms with Gasteiger partial charge >= 0.3 is 0 Å². The van der Waals surface area contributed by atoms with E-state index in [9.17, 15) is 0 Å². The molecule has 0 atom stereocenters. The van der Waals surface area contributed by atoms with Crippen molar-refractivity contribution < 1.29 is 0 Å². The molecule has 1 N–H and O–H groups in total. The normalized spacial score (nSPS) is 11.7. The number of nitrogens with zero attached hydrogens (tertiary/aromatic N) is 2. The molecule has 0 saturated heterocycles. The molecule has 86 valence electrons. The zero-order chi connectivity index (χ0) is 11.3. The van der Waals surface area contributed by atoms with Gasteiger partial charge in [0.1, 0.15) is 0 Å². The molecule has 0 fully saturated rings. The second kappa shape index (κ2) is 5.70. The maximum absolute atomic E-state index is 4.43. The predicted octanol–water partition coefficient (Wildman–Crippen LogP) is 3.39. The third-order valence-electron chi connectivity index (χ3n) is 1.63. The fourth-order valence-corrected chi connectivity index (χ4v) is 2.28. The van der Waals surface area contributed by atoms with Crippen LogP contribution in [0.5, 0.6) is 0 Å². The minimum absolute atomic E-state index is 0.280. The summed E-state index contributed by atoms with van der Waals surface area (Å²) in [6, 6.07) is 0. The Morgan fingerprint density at radius 2 is 2.13 bits per heavy atom. The van der Waals surface area contributed by atoms with Gasteiger partial charge in [0.2, 0.25) is 5.13 Å². The van der Waals surface area contributed by atoms with Crippen LogP contribution in [0.4, 0.5) is 5.13 Å². The van der Waals surface area contributed by atoms with Gasteiger partial charge in [-0.25, -0.2) is 4.98 Å². The lowest BCUT2D eigenvalue weighted by Gasteiger charge is -2.15. The van der Waals surface area contributed by atoms with Gasteiger partial charge < -0.3 is 5.32 Å². The molecule has 3 nitrogen and oxygen atoms in total. The van der Waals surface area contributed by atoms with Gasteiger partial charge in [0.15, 0.2) is 5.82 Å². The van der Waals surface area contributed by atoms with Crippen molar-refractivity contribution in [2.75, 3.05) is 11.9 Å². The van der Waals surface area contributed by atoms with Crippen LogP contribution in [0.15, 0.2) is 0 Å². The van der Waals surface area contributed by atoms with Crippen molar-refractivity contribution >= 4 is 28.4 Å². The van der Waals surface area contributed by atoms with E-state index in [4.69, 9.17) is 0 Å². The topological polar surface area (TPSA) is 37.8 Å². The van der Waals surface area contributed by atoms with E-state index in [1.807, 2.05) is 11.8 Å². The van der Waals surface area contributed by atoms with Crippen molar-refractivity contribution in [3.8, 4) is 0 Å². The van der Waals surface area contributed by atoms with Crippen molar-refractivity contribution in [1.82, 2.24) is 9.36 Å². The molecular formula is C10H19N3S2. The highest BCUT2D eigenvalue weighted by Gasteiger charge is 2.12. The molecule has 1 aromatic heterocycles. The Morgan fingerprint density at radius 1 is 1.40 bits per heavy atom. The Labute approximate surface area is 100 Å². The first-order valence-corrected chi connectivity index (χ1v) is 6.97. The van der Waals surface area contributed by atoms with Crippen LogP contribution in [-0.2, 0) is 5.75 Å². The SMILES string of the molecule is CCCNc1nc(CSC(C)(C)C)ns1. The van der Waals surface area contributed by atoms with E-state index < -0.39 is 0 Å². The fraction of sp³-hybridized carbons (Fsp3) is 0.800. The van der Waals surface area contributed by atoms with Gasteiger partial charge in [0.05, 0.1) is 5.75 Å². The Morgan fingerprint density at radius 3 is 2.73 bits per heavy atom. The molecule has 0 aliphatic carbocycles. The smallest absolute Gasteiger partial charge is 0.202 e. The minimum Gasteiger partial charge on any atom is -0.360 e. The molecule has 15 heavy (non-hydrogen) atoms. The molecule has 0 radical (unpaired) electrons. The van der Waals surface area contributed by atoms with Crippen molar-refractivity contribution in [2.45, 2.75) is 44.6 Å². The highest BCUT2D eigenvalue weighted by molar-refractivity contribution is 7.99. The van der Waals surface area contributed by atoms with Crippen LogP contribution in [0, 0.1) is 0 Å². The number of aromatic nitrogens is 2. The number of rotatable bonds is 5. The number of hydrogen-bond donors (Lipinski definition) is 1. The van der Waals surface area contributed by atoms with Crippen LogP contribution in [0.3, 0.4) is 0 Å². The van der Waals surface area contributed by atoms with E-state index in [0.29, 0.717) is 0 Å². The molecule has 0 bridgehead atoms. The van der Waals surface area contributed by atoms with E-state index in [-0.39, 0.29) is 4.75 Å². The maximum atomic E-state index is 4.43. The van der Waals surface area contributed by atoms with Crippen LogP contribution in [0.2, 0.25) is 0 Å². The Bertz CT molecular complexity index is 291. The predicted molar refractivity (Wildman–Crippen MR) is 69.7 cm³/mol. The fourth-order valence-electron chi connectivity index (χ4n) is 0.897. The van der Waals surface area contributed by atoms with Gasteiger partial charge in [-0.1, -0.05) is 27.7 Å². The lowest BCUT2D eigenvalue weighted by molar-refractivity contribution is 0.801. The molecule has 0 aliphatic rings. The lowest BCUT2D eigenvalue weighted by atomic mass is 10.3. The average Bonchev–Trinajstić information content (AvgIpc) is 2.58. The van der Waals surface area contributed by atoms with E-state index in [2.05, 4.69) is 42.4 Å². The van der Waals surface area contributed by atoms with E-state index in [0.717, 1.165) is 29.7 Å². The van der Waals surface area contributed by atoms with Crippen molar-refractivity contribution in [3.63, 3.8) is 0 Å². The molecular weight excluding hydrogens is 226 g/mol. The summed E-state index contributed by atoms with van der Waals surface area (Å²) in [6.45, 7) is 9.74. The highest BCUT2D eigenvalue weighted by atomic mass is 32.2. The number of thioether (sulfide) groups is 1. The maximum Gasteiger partial charge on any atom is 0.202 e. The minimum atomic E-state index is 0.280. The number of nitrogens with one attached hydrogen (secondary N) is 1. The van der Waals surface area contributed by atoms with Gasteiger partial charge in [-0.2, -0.15) is 4.37 Å². The van der Waals surface area contributed by atoms with Gasteiger partial charge in [-0.15, -0.1) is 11.8 Å². The summed E-state index contributed by atoms with van der Waals surface area (Å²) >= 11 is 3.33. The molecule has 1 aromatic rings. The molecule has 0 spiro atoms.